The number of hydrogen-bond acceptors (Lipinski definition) is 6. The summed E-state index contributed by atoms with van der Waals surface area (Å²) < 4.78 is 13.0. The minimum Gasteiger partial charge on any atom is -0.382 e. The van der Waals surface area contributed by atoms with Gasteiger partial charge in [-0.3, -0.25) is 4.40 Å². The van der Waals surface area contributed by atoms with Gasteiger partial charge in [0.15, 0.2) is 0 Å². The summed E-state index contributed by atoms with van der Waals surface area (Å²) in [5, 5.41) is 1.56. The van der Waals surface area contributed by atoms with E-state index < -0.39 is 0 Å². The number of benzene rings is 2. The number of imidazole rings is 1. The van der Waals surface area contributed by atoms with Crippen LogP contribution in [0.1, 0.15) is 24.6 Å². The number of nitrogens with two attached hydrogens (primary N) is 1. The molecule has 1 saturated carbocycles. The van der Waals surface area contributed by atoms with Gasteiger partial charge in [0.05, 0.1) is 35.6 Å². The molecule has 7 nitrogen and oxygen atoms in total. The van der Waals surface area contributed by atoms with Crippen molar-refractivity contribution in [2.45, 2.75) is 24.9 Å². The molecular formula is C28H26ClN5O2. The molecule has 6 rings (SSSR count). The van der Waals surface area contributed by atoms with Crippen molar-refractivity contribution in [2.24, 2.45) is 0 Å². The van der Waals surface area contributed by atoms with Crippen LogP contribution in [0.25, 0.3) is 38.9 Å². The smallest absolute Gasteiger partial charge is 0.150 e. The van der Waals surface area contributed by atoms with Crippen molar-refractivity contribution in [1.82, 2.24) is 19.4 Å². The Morgan fingerprint density at radius 3 is 2.69 bits per heavy atom. The molecule has 0 bridgehead atoms. The molecule has 0 aliphatic heterocycles. The lowest BCUT2D eigenvalue weighted by Crippen LogP contribution is -2.31. The maximum atomic E-state index is 6.81. The van der Waals surface area contributed by atoms with Crippen molar-refractivity contribution < 1.29 is 9.47 Å². The molecule has 182 valence electrons. The molecule has 5 aromatic rings. The van der Waals surface area contributed by atoms with Crippen molar-refractivity contribution in [1.29, 1.82) is 0 Å². The van der Waals surface area contributed by atoms with Gasteiger partial charge >= 0.3 is 0 Å². The number of nitrogens with zero attached hydrogens (tertiary/aromatic N) is 4. The van der Waals surface area contributed by atoms with Gasteiger partial charge in [-0.25, -0.2) is 15.0 Å². The van der Waals surface area contributed by atoms with Crippen molar-refractivity contribution in [3.8, 4) is 22.5 Å². The lowest BCUT2D eigenvalue weighted by atomic mass is 9.81. The molecule has 0 unspecified atom stereocenters. The molecule has 3 aromatic heterocycles. The molecule has 0 saturated heterocycles. The first kappa shape index (κ1) is 22.9. The predicted octanol–water partition coefficient (Wildman–Crippen LogP) is 5.76. The number of hydrogen-bond donors (Lipinski definition) is 1. The Kier molecular flexibility index (Phi) is 6.05. The molecular weight excluding hydrogens is 474 g/mol. The summed E-state index contributed by atoms with van der Waals surface area (Å²) >= 11 is 6.81. The summed E-state index contributed by atoms with van der Waals surface area (Å²) in [7, 11) is 1.68. The number of pyridine rings is 1. The maximum Gasteiger partial charge on any atom is 0.150 e. The zero-order valence-corrected chi connectivity index (χ0v) is 20.7. The topological polar surface area (TPSA) is 87.6 Å². The van der Waals surface area contributed by atoms with E-state index in [1.165, 1.54) is 0 Å². The van der Waals surface area contributed by atoms with Gasteiger partial charge in [-0.05, 0) is 31.0 Å². The molecule has 8 heteroatoms. The van der Waals surface area contributed by atoms with Gasteiger partial charge in [0.2, 0.25) is 0 Å². The number of halogens is 1. The van der Waals surface area contributed by atoms with Crippen LogP contribution in [0.4, 0.5) is 5.82 Å². The SMILES string of the molecule is COCCOC1CC(c2nc(-c3cc4nc(-c5ccccc5)ccc4cc3Cl)c3c(N)nccn23)C1. The van der Waals surface area contributed by atoms with Crippen LogP contribution in [-0.4, -0.2) is 45.8 Å². The monoisotopic (exact) mass is 499 g/mol. The molecule has 1 aliphatic rings. The van der Waals surface area contributed by atoms with Crippen LogP contribution < -0.4 is 5.73 Å². The molecule has 2 N–H and O–H groups in total. The zero-order chi connectivity index (χ0) is 24.6. The first-order valence-electron chi connectivity index (χ1n) is 12.0. The summed E-state index contributed by atoms with van der Waals surface area (Å²) in [5.41, 5.74) is 11.4. The third-order valence-corrected chi connectivity index (χ3v) is 7.13. The summed E-state index contributed by atoms with van der Waals surface area (Å²) in [6.07, 6.45) is 5.64. The van der Waals surface area contributed by atoms with Crippen molar-refractivity contribution >= 4 is 33.8 Å². The second kappa shape index (κ2) is 9.50. The largest absolute Gasteiger partial charge is 0.382 e. The number of rotatable bonds is 7. The Labute approximate surface area is 213 Å². The van der Waals surface area contributed by atoms with E-state index in [9.17, 15) is 0 Å². The van der Waals surface area contributed by atoms with Crippen molar-refractivity contribution in [2.75, 3.05) is 26.1 Å². The number of nitrogen functional groups attached to an aromatic ring is 1. The average Bonchev–Trinajstić information content (AvgIpc) is 3.25. The van der Waals surface area contributed by atoms with E-state index in [1.807, 2.05) is 53.1 Å². The fraction of sp³-hybridized carbons (Fsp3) is 0.250. The standard InChI is InChI=1S/C28H26ClN5O2/c1-35-11-12-36-20-13-19(14-20)28-33-25(26-27(30)31-9-10-34(26)28)21-16-24-18(15-22(21)29)7-8-23(32-24)17-5-3-2-4-6-17/h2-10,15-16,19-20H,11-14H2,1H3,(H2,30,31). The van der Waals surface area contributed by atoms with Gasteiger partial charge in [0.25, 0.3) is 0 Å². The Balaban J connectivity index is 1.41. The molecule has 0 spiro atoms. The van der Waals surface area contributed by atoms with Crippen LogP contribution in [0, 0.1) is 0 Å². The van der Waals surface area contributed by atoms with Crippen LogP contribution >= 0.6 is 11.6 Å². The number of anilines is 1. The lowest BCUT2D eigenvalue weighted by Gasteiger charge is -2.34. The molecule has 0 atom stereocenters. The van der Waals surface area contributed by atoms with Gasteiger partial charge in [-0.1, -0.05) is 48.0 Å². The first-order valence-corrected chi connectivity index (χ1v) is 12.4. The van der Waals surface area contributed by atoms with Crippen molar-refractivity contribution in [3.05, 3.63) is 77.8 Å². The average molecular weight is 500 g/mol. The third kappa shape index (κ3) is 4.09. The minimum absolute atomic E-state index is 0.213. The fourth-order valence-corrected chi connectivity index (χ4v) is 5.13. The highest BCUT2D eigenvalue weighted by Crippen LogP contribution is 2.42. The quantitative estimate of drug-likeness (QED) is 0.287. The molecule has 1 fully saturated rings. The Morgan fingerprint density at radius 1 is 1.06 bits per heavy atom. The lowest BCUT2D eigenvalue weighted by molar-refractivity contribution is -0.0321. The molecule has 0 radical (unpaired) electrons. The van der Waals surface area contributed by atoms with E-state index in [1.54, 1.807) is 13.3 Å². The normalized spacial score (nSPS) is 17.5. The van der Waals surface area contributed by atoms with E-state index in [-0.39, 0.29) is 12.0 Å². The van der Waals surface area contributed by atoms with E-state index >= 15 is 0 Å². The highest BCUT2D eigenvalue weighted by atomic mass is 35.5. The van der Waals surface area contributed by atoms with Gasteiger partial charge in [0.1, 0.15) is 22.9 Å². The van der Waals surface area contributed by atoms with Gasteiger partial charge in [-0.15, -0.1) is 0 Å². The first-order chi connectivity index (χ1) is 17.6. The van der Waals surface area contributed by atoms with E-state index in [0.717, 1.165) is 57.6 Å². The molecule has 1 aliphatic carbocycles. The summed E-state index contributed by atoms with van der Waals surface area (Å²) in [4.78, 5) is 14.3. The Hall–Kier alpha value is -3.52. The van der Waals surface area contributed by atoms with Crippen LogP contribution in [0.15, 0.2) is 67.0 Å². The molecule has 3 heterocycles. The molecule has 2 aromatic carbocycles. The summed E-state index contributed by atoms with van der Waals surface area (Å²) in [5.74, 6) is 1.63. The third-order valence-electron chi connectivity index (χ3n) is 6.81. The number of aromatic nitrogens is 4. The second-order valence-corrected chi connectivity index (χ2v) is 9.50. The summed E-state index contributed by atoms with van der Waals surface area (Å²) in [6.45, 7) is 1.20. The molecule has 36 heavy (non-hydrogen) atoms. The van der Waals surface area contributed by atoms with E-state index in [2.05, 4.69) is 17.1 Å². The number of ether oxygens (including phenoxy) is 2. The fourth-order valence-electron chi connectivity index (χ4n) is 4.87. The van der Waals surface area contributed by atoms with Crippen LogP contribution in [-0.2, 0) is 9.47 Å². The Morgan fingerprint density at radius 2 is 1.89 bits per heavy atom. The van der Waals surface area contributed by atoms with E-state index in [0.29, 0.717) is 24.1 Å². The Bertz CT molecular complexity index is 1550. The predicted molar refractivity (Wildman–Crippen MR) is 142 cm³/mol. The number of fused-ring (bicyclic) bond motifs is 2. The zero-order valence-electron chi connectivity index (χ0n) is 19.9. The maximum absolute atomic E-state index is 6.81. The highest BCUT2D eigenvalue weighted by molar-refractivity contribution is 6.34. The van der Waals surface area contributed by atoms with Gasteiger partial charge < -0.3 is 15.2 Å². The number of methoxy groups -OCH3 is 1. The second-order valence-electron chi connectivity index (χ2n) is 9.09. The van der Waals surface area contributed by atoms with Crippen LogP contribution in [0.3, 0.4) is 0 Å². The van der Waals surface area contributed by atoms with E-state index in [4.69, 9.17) is 36.8 Å². The highest BCUT2D eigenvalue weighted by Gasteiger charge is 2.35. The minimum atomic E-state index is 0.213. The summed E-state index contributed by atoms with van der Waals surface area (Å²) in [6, 6.07) is 18.1. The van der Waals surface area contributed by atoms with Gasteiger partial charge in [0, 0.05) is 41.9 Å². The molecule has 0 amide bonds. The van der Waals surface area contributed by atoms with Crippen LogP contribution in [0.5, 0.6) is 0 Å². The van der Waals surface area contributed by atoms with Crippen molar-refractivity contribution in [3.63, 3.8) is 0 Å². The van der Waals surface area contributed by atoms with Crippen LogP contribution in [0.2, 0.25) is 5.02 Å². The van der Waals surface area contributed by atoms with Gasteiger partial charge in [-0.2, -0.15) is 0 Å².